The maximum Gasteiger partial charge on any atom is 0.277 e. The van der Waals surface area contributed by atoms with E-state index in [1.807, 2.05) is 50.2 Å². The van der Waals surface area contributed by atoms with Crippen LogP contribution in [0.3, 0.4) is 0 Å². The monoisotopic (exact) mass is 483 g/mol. The van der Waals surface area contributed by atoms with Gasteiger partial charge in [-0.05, 0) is 28.5 Å². The number of phenolic OH excluding ortho intramolecular Hbond substituents is 1. The van der Waals surface area contributed by atoms with Crippen molar-refractivity contribution in [3.05, 3.63) is 116 Å². The number of amides is 1. The molecule has 4 aromatic carbocycles. The van der Waals surface area contributed by atoms with E-state index < -0.39 is 38.6 Å². The zero-order valence-corrected chi connectivity index (χ0v) is 19.4. The summed E-state index contributed by atoms with van der Waals surface area (Å²) in [4.78, 5) is 37.0. The van der Waals surface area contributed by atoms with Crippen LogP contribution in [0.5, 0.6) is 5.75 Å². The van der Waals surface area contributed by atoms with Crippen LogP contribution in [0.15, 0.2) is 78.9 Å². The second-order valence-corrected chi connectivity index (χ2v) is 9.29. The summed E-state index contributed by atoms with van der Waals surface area (Å²) in [5.41, 5.74) is -0.0291. The maximum atomic E-state index is 14.1. The highest BCUT2D eigenvalue weighted by Gasteiger charge is 2.49. The molecule has 36 heavy (non-hydrogen) atoms. The van der Waals surface area contributed by atoms with Crippen molar-refractivity contribution in [2.24, 2.45) is 0 Å². The molecule has 0 bridgehead atoms. The summed E-state index contributed by atoms with van der Waals surface area (Å²) in [6.07, 6.45) is 0. The number of aromatic hydroxyl groups is 1. The molecule has 180 valence electrons. The summed E-state index contributed by atoms with van der Waals surface area (Å²) in [6.45, 7) is 3.92. The van der Waals surface area contributed by atoms with Gasteiger partial charge in [-0.2, -0.15) is 0 Å². The minimum absolute atomic E-state index is 0.00223. The van der Waals surface area contributed by atoms with Crippen molar-refractivity contribution in [1.82, 2.24) is 0 Å². The first-order valence-corrected chi connectivity index (χ1v) is 11.2. The van der Waals surface area contributed by atoms with Gasteiger partial charge in [-0.3, -0.25) is 29.9 Å². The highest BCUT2D eigenvalue weighted by molar-refractivity contribution is 6.10. The van der Waals surface area contributed by atoms with Crippen LogP contribution in [-0.4, -0.2) is 20.9 Å². The number of carbonyl (C=O) groups excluding carboxylic acids is 1. The molecule has 0 saturated heterocycles. The van der Waals surface area contributed by atoms with Crippen LogP contribution in [0.2, 0.25) is 0 Å². The fourth-order valence-corrected chi connectivity index (χ4v) is 5.19. The molecule has 4 aromatic rings. The molecule has 5 rings (SSSR count). The standard InChI is InChI=1S/C27H21N3O6/c1-27(2)21-9-5-6-10-22(21)28(25(27)24-20-8-4-3-7-16(20)11-12-23(24)31)26(32)17-13-18(29(33)34)15-19(14-17)30(35)36/h3-15,25,31H,1-2H3/t25-/m1/s1. The Morgan fingerprint density at radius 2 is 1.50 bits per heavy atom. The quantitative estimate of drug-likeness (QED) is 0.278. The van der Waals surface area contributed by atoms with Crippen LogP contribution < -0.4 is 4.90 Å². The van der Waals surface area contributed by atoms with Crippen molar-refractivity contribution < 1.29 is 19.7 Å². The highest BCUT2D eigenvalue weighted by atomic mass is 16.6. The lowest BCUT2D eigenvalue weighted by Gasteiger charge is -2.35. The minimum Gasteiger partial charge on any atom is -0.508 e. The Morgan fingerprint density at radius 3 is 2.17 bits per heavy atom. The molecule has 0 unspecified atom stereocenters. The van der Waals surface area contributed by atoms with Gasteiger partial charge in [-0.15, -0.1) is 0 Å². The van der Waals surface area contributed by atoms with E-state index in [0.717, 1.165) is 34.5 Å². The largest absolute Gasteiger partial charge is 0.508 e. The molecule has 9 nitrogen and oxygen atoms in total. The topological polar surface area (TPSA) is 127 Å². The summed E-state index contributed by atoms with van der Waals surface area (Å²) >= 11 is 0. The summed E-state index contributed by atoms with van der Waals surface area (Å²) in [6, 6.07) is 20.4. The number of para-hydroxylation sites is 1. The number of hydrogen-bond acceptors (Lipinski definition) is 6. The lowest BCUT2D eigenvalue weighted by molar-refractivity contribution is -0.394. The average molecular weight is 483 g/mol. The van der Waals surface area contributed by atoms with Crippen LogP contribution in [0.4, 0.5) is 17.1 Å². The van der Waals surface area contributed by atoms with E-state index in [9.17, 15) is 30.1 Å². The Morgan fingerprint density at radius 1 is 0.889 bits per heavy atom. The number of hydrogen-bond donors (Lipinski definition) is 1. The number of anilines is 1. The molecule has 1 aliphatic rings. The smallest absolute Gasteiger partial charge is 0.277 e. The van der Waals surface area contributed by atoms with Crippen molar-refractivity contribution in [2.45, 2.75) is 25.3 Å². The van der Waals surface area contributed by atoms with Crippen molar-refractivity contribution in [2.75, 3.05) is 4.90 Å². The summed E-state index contributed by atoms with van der Waals surface area (Å²) < 4.78 is 0. The first-order chi connectivity index (χ1) is 17.1. The van der Waals surface area contributed by atoms with E-state index in [0.29, 0.717) is 11.3 Å². The molecule has 0 fully saturated rings. The van der Waals surface area contributed by atoms with E-state index in [1.54, 1.807) is 24.3 Å². The predicted octanol–water partition coefficient (Wildman–Crippen LogP) is 6.04. The van der Waals surface area contributed by atoms with E-state index in [1.165, 1.54) is 4.90 Å². The number of nitro groups is 2. The van der Waals surface area contributed by atoms with Crippen molar-refractivity contribution in [3.63, 3.8) is 0 Å². The van der Waals surface area contributed by atoms with Crippen LogP contribution in [0.1, 0.15) is 41.4 Å². The second-order valence-electron chi connectivity index (χ2n) is 9.29. The molecule has 1 atom stereocenters. The van der Waals surface area contributed by atoms with Gasteiger partial charge in [-0.1, -0.05) is 62.4 Å². The number of fused-ring (bicyclic) bond motifs is 2. The predicted molar refractivity (Wildman–Crippen MR) is 134 cm³/mol. The Kier molecular flexibility index (Phi) is 5.21. The van der Waals surface area contributed by atoms with Gasteiger partial charge >= 0.3 is 0 Å². The van der Waals surface area contributed by atoms with E-state index >= 15 is 0 Å². The summed E-state index contributed by atoms with van der Waals surface area (Å²) in [5, 5.41) is 35.6. The van der Waals surface area contributed by atoms with E-state index in [-0.39, 0.29) is 11.3 Å². The number of rotatable bonds is 4. The van der Waals surface area contributed by atoms with Crippen molar-refractivity contribution >= 4 is 33.7 Å². The molecule has 1 aliphatic heterocycles. The van der Waals surface area contributed by atoms with Gasteiger partial charge in [0.15, 0.2) is 0 Å². The normalized spacial score (nSPS) is 16.1. The molecule has 0 spiro atoms. The Balaban J connectivity index is 1.78. The van der Waals surface area contributed by atoms with Gasteiger partial charge in [0.2, 0.25) is 0 Å². The van der Waals surface area contributed by atoms with Gasteiger partial charge < -0.3 is 5.11 Å². The third kappa shape index (κ3) is 3.44. The fraction of sp³-hybridized carbons (Fsp3) is 0.148. The molecule has 0 saturated carbocycles. The van der Waals surface area contributed by atoms with Crippen LogP contribution in [0.25, 0.3) is 10.8 Å². The number of phenols is 1. The maximum absolute atomic E-state index is 14.1. The number of carbonyl (C=O) groups is 1. The van der Waals surface area contributed by atoms with Gasteiger partial charge in [0.1, 0.15) is 5.75 Å². The van der Waals surface area contributed by atoms with E-state index in [4.69, 9.17) is 0 Å². The molecule has 9 heteroatoms. The third-order valence-corrected chi connectivity index (χ3v) is 6.81. The molecule has 1 N–H and O–H groups in total. The Labute approximate surface area is 205 Å². The molecular weight excluding hydrogens is 462 g/mol. The Bertz CT molecular complexity index is 1550. The first-order valence-electron chi connectivity index (χ1n) is 11.2. The molecule has 1 heterocycles. The van der Waals surface area contributed by atoms with Crippen molar-refractivity contribution in [3.8, 4) is 5.75 Å². The molecule has 0 aliphatic carbocycles. The van der Waals surface area contributed by atoms with Crippen LogP contribution in [-0.2, 0) is 5.41 Å². The minimum atomic E-state index is -0.764. The third-order valence-electron chi connectivity index (χ3n) is 6.81. The number of benzene rings is 4. The number of non-ortho nitro benzene ring substituents is 2. The average Bonchev–Trinajstić information content (AvgIpc) is 3.10. The SMILES string of the molecule is CC1(C)c2ccccc2N(C(=O)c2cc([N+](=O)[O-])cc([N+](=O)[O-])c2)[C@@H]1c1c(O)ccc2ccccc12. The number of nitro benzene ring substituents is 2. The van der Waals surface area contributed by atoms with Crippen LogP contribution >= 0.6 is 0 Å². The lowest BCUT2D eigenvalue weighted by Crippen LogP contribution is -2.38. The fourth-order valence-electron chi connectivity index (χ4n) is 5.19. The number of nitrogens with zero attached hydrogens (tertiary/aromatic N) is 3. The highest BCUT2D eigenvalue weighted by Crippen LogP contribution is 2.56. The second kappa shape index (κ2) is 8.16. The van der Waals surface area contributed by atoms with Gasteiger partial charge in [0.25, 0.3) is 17.3 Å². The molecule has 0 aromatic heterocycles. The lowest BCUT2D eigenvalue weighted by atomic mass is 9.76. The van der Waals surface area contributed by atoms with Gasteiger partial charge in [0.05, 0.1) is 27.5 Å². The summed E-state index contributed by atoms with van der Waals surface area (Å²) in [5.74, 6) is -0.639. The molecule has 0 radical (unpaired) electrons. The zero-order valence-electron chi connectivity index (χ0n) is 19.4. The van der Waals surface area contributed by atoms with Crippen molar-refractivity contribution in [1.29, 1.82) is 0 Å². The summed E-state index contributed by atoms with van der Waals surface area (Å²) in [7, 11) is 0. The first kappa shape index (κ1) is 23.0. The molecule has 1 amide bonds. The zero-order chi connectivity index (χ0) is 25.8. The van der Waals surface area contributed by atoms with Gasteiger partial charge in [0, 0.05) is 28.8 Å². The molecular formula is C27H21N3O6. The van der Waals surface area contributed by atoms with Gasteiger partial charge in [-0.25, -0.2) is 0 Å². The Hall–Kier alpha value is -4.79. The van der Waals surface area contributed by atoms with Crippen LogP contribution in [0, 0.1) is 20.2 Å². The van der Waals surface area contributed by atoms with E-state index in [2.05, 4.69) is 0 Å².